The average molecular weight is 429 g/mol. The number of benzene rings is 1. The van der Waals surface area contributed by atoms with Gasteiger partial charge in [0.15, 0.2) is 0 Å². The Morgan fingerprint density at radius 3 is 2.85 bits per heavy atom. The standard InChI is InChI=1S/C21H25BrN4O/c1-15-20(16(2)26(24-15)12-4-11-23)9-10-21(27)25(19-7-8-19)14-17-5-3-6-18(22)13-17/h3,5-6,13,19H,4,7-10,12,14H2,1-2H3. The van der Waals surface area contributed by atoms with E-state index in [1.165, 1.54) is 0 Å². The van der Waals surface area contributed by atoms with Gasteiger partial charge in [-0.05, 0) is 56.4 Å². The first kappa shape index (κ1) is 19.6. The van der Waals surface area contributed by atoms with Crippen molar-refractivity contribution in [1.82, 2.24) is 14.7 Å². The molecule has 0 atom stereocenters. The molecule has 0 spiro atoms. The van der Waals surface area contributed by atoms with Gasteiger partial charge in [-0.25, -0.2) is 0 Å². The largest absolute Gasteiger partial charge is 0.335 e. The number of amides is 1. The maximum absolute atomic E-state index is 12.9. The van der Waals surface area contributed by atoms with Gasteiger partial charge < -0.3 is 4.90 Å². The molecule has 1 heterocycles. The Balaban J connectivity index is 1.65. The minimum absolute atomic E-state index is 0.209. The summed E-state index contributed by atoms with van der Waals surface area (Å²) in [5.41, 5.74) is 4.32. The van der Waals surface area contributed by atoms with E-state index < -0.39 is 0 Å². The van der Waals surface area contributed by atoms with Gasteiger partial charge in [0.2, 0.25) is 5.91 Å². The predicted octanol–water partition coefficient (Wildman–Crippen LogP) is 4.30. The third-order valence-electron chi connectivity index (χ3n) is 5.11. The Kier molecular flexibility index (Phi) is 6.33. The molecule has 0 unspecified atom stereocenters. The predicted molar refractivity (Wildman–Crippen MR) is 108 cm³/mol. The van der Waals surface area contributed by atoms with Crippen LogP contribution in [0.4, 0.5) is 0 Å². The minimum atomic E-state index is 0.209. The third-order valence-corrected chi connectivity index (χ3v) is 5.60. The summed E-state index contributed by atoms with van der Waals surface area (Å²) in [6, 6.07) is 10.7. The van der Waals surface area contributed by atoms with Crippen LogP contribution in [0.2, 0.25) is 0 Å². The summed E-state index contributed by atoms with van der Waals surface area (Å²) in [7, 11) is 0. The molecule has 3 rings (SSSR count). The minimum Gasteiger partial charge on any atom is -0.335 e. The highest BCUT2D eigenvalue weighted by Crippen LogP contribution is 2.30. The molecule has 27 heavy (non-hydrogen) atoms. The topological polar surface area (TPSA) is 61.9 Å². The molecule has 1 saturated carbocycles. The summed E-state index contributed by atoms with van der Waals surface area (Å²) in [5.74, 6) is 0.209. The summed E-state index contributed by atoms with van der Waals surface area (Å²) >= 11 is 3.51. The van der Waals surface area contributed by atoms with Crippen LogP contribution in [0.3, 0.4) is 0 Å². The Morgan fingerprint density at radius 1 is 1.41 bits per heavy atom. The van der Waals surface area contributed by atoms with Crippen molar-refractivity contribution in [2.75, 3.05) is 0 Å². The molecule has 1 aliphatic rings. The zero-order valence-electron chi connectivity index (χ0n) is 15.9. The van der Waals surface area contributed by atoms with Gasteiger partial charge in [-0.3, -0.25) is 9.48 Å². The number of carbonyl (C=O) groups is 1. The van der Waals surface area contributed by atoms with Crippen LogP contribution in [-0.2, 0) is 24.3 Å². The Bertz CT molecular complexity index is 864. The van der Waals surface area contributed by atoms with Crippen LogP contribution >= 0.6 is 15.9 Å². The number of aromatic nitrogens is 2. The monoisotopic (exact) mass is 428 g/mol. The van der Waals surface area contributed by atoms with E-state index in [2.05, 4.69) is 39.2 Å². The number of aryl methyl sites for hydroxylation is 2. The van der Waals surface area contributed by atoms with Gasteiger partial charge in [-0.2, -0.15) is 10.4 Å². The number of rotatable bonds is 8. The zero-order chi connectivity index (χ0) is 19.4. The second kappa shape index (κ2) is 8.71. The molecule has 6 heteroatoms. The zero-order valence-corrected chi connectivity index (χ0v) is 17.5. The van der Waals surface area contributed by atoms with Gasteiger partial charge in [-0.1, -0.05) is 28.1 Å². The number of hydrogen-bond acceptors (Lipinski definition) is 3. The first-order valence-corrected chi connectivity index (χ1v) is 10.2. The first-order valence-electron chi connectivity index (χ1n) is 9.43. The molecule has 0 saturated heterocycles. The van der Waals surface area contributed by atoms with E-state index in [9.17, 15) is 4.79 Å². The van der Waals surface area contributed by atoms with Crippen molar-refractivity contribution >= 4 is 21.8 Å². The smallest absolute Gasteiger partial charge is 0.223 e. The van der Waals surface area contributed by atoms with Crippen molar-refractivity contribution in [3.05, 3.63) is 51.3 Å². The Hall–Kier alpha value is -2.13. The molecule has 0 bridgehead atoms. The third kappa shape index (κ3) is 4.98. The van der Waals surface area contributed by atoms with Crippen molar-refractivity contribution in [2.24, 2.45) is 0 Å². The number of hydrogen-bond donors (Lipinski definition) is 0. The van der Waals surface area contributed by atoms with Crippen LogP contribution in [0.25, 0.3) is 0 Å². The lowest BCUT2D eigenvalue weighted by atomic mass is 10.1. The second-order valence-electron chi connectivity index (χ2n) is 7.16. The van der Waals surface area contributed by atoms with Crippen LogP contribution < -0.4 is 0 Å². The molecule has 0 N–H and O–H groups in total. The molecule has 1 aromatic heterocycles. The van der Waals surface area contributed by atoms with Crippen molar-refractivity contribution in [3.8, 4) is 6.07 Å². The van der Waals surface area contributed by atoms with Gasteiger partial charge in [0, 0.05) is 29.2 Å². The Morgan fingerprint density at radius 2 is 2.19 bits per heavy atom. The van der Waals surface area contributed by atoms with E-state index >= 15 is 0 Å². The summed E-state index contributed by atoms with van der Waals surface area (Å²) in [5, 5.41) is 13.3. The molecule has 2 aromatic rings. The van der Waals surface area contributed by atoms with E-state index in [0.29, 0.717) is 38.4 Å². The van der Waals surface area contributed by atoms with E-state index in [4.69, 9.17) is 5.26 Å². The van der Waals surface area contributed by atoms with E-state index in [1.807, 2.05) is 35.6 Å². The lowest BCUT2D eigenvalue weighted by Gasteiger charge is -2.23. The summed E-state index contributed by atoms with van der Waals surface area (Å²) in [6.07, 6.45) is 3.84. The first-order chi connectivity index (χ1) is 13.0. The van der Waals surface area contributed by atoms with E-state index in [0.717, 1.165) is 39.8 Å². The van der Waals surface area contributed by atoms with E-state index in [-0.39, 0.29) is 5.91 Å². The summed E-state index contributed by atoms with van der Waals surface area (Å²) in [6.45, 7) is 5.28. The summed E-state index contributed by atoms with van der Waals surface area (Å²) in [4.78, 5) is 15.0. The van der Waals surface area contributed by atoms with E-state index in [1.54, 1.807) is 0 Å². The molecule has 142 valence electrons. The fraction of sp³-hybridized carbons (Fsp3) is 0.476. The van der Waals surface area contributed by atoms with Gasteiger partial charge in [0.05, 0.1) is 24.7 Å². The lowest BCUT2D eigenvalue weighted by Crippen LogP contribution is -2.32. The highest BCUT2D eigenvalue weighted by atomic mass is 79.9. The molecule has 0 radical (unpaired) electrons. The van der Waals surface area contributed by atoms with Crippen LogP contribution in [0.1, 0.15) is 48.2 Å². The molecule has 1 aromatic carbocycles. The van der Waals surface area contributed by atoms with Crippen molar-refractivity contribution in [3.63, 3.8) is 0 Å². The Labute approximate surface area is 169 Å². The van der Waals surface area contributed by atoms with Crippen LogP contribution in [0.5, 0.6) is 0 Å². The SMILES string of the molecule is Cc1nn(CCC#N)c(C)c1CCC(=O)N(Cc1cccc(Br)c1)C1CC1. The molecule has 1 amide bonds. The van der Waals surface area contributed by atoms with Crippen LogP contribution in [0.15, 0.2) is 28.7 Å². The summed E-state index contributed by atoms with van der Waals surface area (Å²) < 4.78 is 2.93. The number of nitrogens with zero attached hydrogens (tertiary/aromatic N) is 4. The van der Waals surface area contributed by atoms with Crippen molar-refractivity contribution < 1.29 is 4.79 Å². The van der Waals surface area contributed by atoms with Crippen LogP contribution in [-0.4, -0.2) is 26.6 Å². The van der Waals surface area contributed by atoms with Crippen molar-refractivity contribution in [1.29, 1.82) is 5.26 Å². The fourth-order valence-corrected chi connectivity index (χ4v) is 3.93. The normalized spacial score (nSPS) is 13.4. The number of nitriles is 1. The lowest BCUT2D eigenvalue weighted by molar-refractivity contribution is -0.132. The maximum atomic E-state index is 12.9. The number of halogens is 1. The molecule has 1 aliphatic carbocycles. The average Bonchev–Trinajstić information content (AvgIpc) is 3.44. The molecule has 0 aliphatic heterocycles. The quantitative estimate of drug-likeness (QED) is 0.629. The molecule has 5 nitrogen and oxygen atoms in total. The fourth-order valence-electron chi connectivity index (χ4n) is 3.48. The van der Waals surface area contributed by atoms with Crippen LogP contribution in [0, 0.1) is 25.2 Å². The van der Waals surface area contributed by atoms with Gasteiger partial charge in [-0.15, -0.1) is 0 Å². The molecular formula is C21H25BrN4O. The van der Waals surface area contributed by atoms with Crippen molar-refractivity contribution in [2.45, 2.75) is 65.1 Å². The maximum Gasteiger partial charge on any atom is 0.223 e. The van der Waals surface area contributed by atoms with Gasteiger partial charge >= 0.3 is 0 Å². The van der Waals surface area contributed by atoms with Gasteiger partial charge in [0.25, 0.3) is 0 Å². The highest BCUT2D eigenvalue weighted by Gasteiger charge is 2.32. The highest BCUT2D eigenvalue weighted by molar-refractivity contribution is 9.10. The number of carbonyl (C=O) groups excluding carboxylic acids is 1. The molecule has 1 fully saturated rings. The molecular weight excluding hydrogens is 404 g/mol. The van der Waals surface area contributed by atoms with Gasteiger partial charge in [0.1, 0.15) is 0 Å². The second-order valence-corrected chi connectivity index (χ2v) is 8.08.